The largest absolute Gasteiger partial charge is 0.493 e. The van der Waals surface area contributed by atoms with Gasteiger partial charge in [0, 0.05) is 82.9 Å². The number of halogens is 2. The van der Waals surface area contributed by atoms with E-state index in [1.807, 2.05) is 12.1 Å². The molecule has 0 amide bonds. The van der Waals surface area contributed by atoms with Crippen LogP contribution in [0.3, 0.4) is 0 Å². The topological polar surface area (TPSA) is 22.2 Å². The average Bonchev–Trinajstić information content (AvgIpc) is 2.95. The van der Waals surface area contributed by atoms with Gasteiger partial charge < -0.3 is 9.64 Å². The monoisotopic (exact) mass is 554 g/mol. The number of benzene rings is 3. The summed E-state index contributed by atoms with van der Waals surface area (Å²) in [5, 5.41) is 2.41. The lowest BCUT2D eigenvalue weighted by Gasteiger charge is -2.43. The van der Waals surface area contributed by atoms with Crippen LogP contribution in [-0.4, -0.2) is 97.7 Å². The lowest BCUT2D eigenvalue weighted by molar-refractivity contribution is 0.0476. The molecule has 0 aromatic heterocycles. The fourth-order valence-corrected chi connectivity index (χ4v) is 5.91. The molecule has 2 saturated heterocycles. The van der Waals surface area contributed by atoms with Gasteiger partial charge in [0.1, 0.15) is 11.6 Å². The third kappa shape index (κ3) is 7.92. The summed E-state index contributed by atoms with van der Waals surface area (Å²) >= 11 is 0. The summed E-state index contributed by atoms with van der Waals surface area (Å²) in [7, 11) is 0. The smallest absolute Gasteiger partial charge is 0.127 e. The lowest BCUT2D eigenvalue weighted by atomic mass is 10.0. The summed E-state index contributed by atoms with van der Waals surface area (Å²) in [6, 6.07) is 22.8. The third-order valence-corrected chi connectivity index (χ3v) is 8.30. The molecule has 2 heterocycles. The van der Waals surface area contributed by atoms with Gasteiger partial charge in [-0.3, -0.25) is 14.7 Å². The highest BCUT2D eigenvalue weighted by molar-refractivity contribution is 5.88. The highest BCUT2D eigenvalue weighted by atomic mass is 35.5. The molecular weight excluding hydrogens is 511 g/mol. The minimum atomic E-state index is -0.157. The van der Waals surface area contributed by atoms with E-state index in [2.05, 4.69) is 75.9 Å². The van der Waals surface area contributed by atoms with E-state index >= 15 is 0 Å². The Kier molecular flexibility index (Phi) is 11.0. The van der Waals surface area contributed by atoms with Crippen LogP contribution in [0.25, 0.3) is 10.8 Å². The van der Waals surface area contributed by atoms with Gasteiger partial charge in [0.15, 0.2) is 0 Å². The first-order valence-corrected chi connectivity index (χ1v) is 14.4. The minimum absolute atomic E-state index is 0. The van der Waals surface area contributed by atoms with Crippen LogP contribution in [-0.2, 0) is 0 Å². The average molecular weight is 555 g/mol. The molecule has 0 saturated carbocycles. The van der Waals surface area contributed by atoms with Crippen molar-refractivity contribution < 1.29 is 9.13 Å². The summed E-state index contributed by atoms with van der Waals surface area (Å²) in [6.07, 6.45) is 1.03. The first-order chi connectivity index (χ1) is 18.6. The van der Waals surface area contributed by atoms with Crippen LogP contribution in [0.4, 0.5) is 4.39 Å². The van der Waals surface area contributed by atoms with E-state index in [0.717, 1.165) is 84.2 Å². The molecule has 212 valence electrons. The van der Waals surface area contributed by atoms with Crippen molar-refractivity contribution in [1.82, 2.24) is 19.6 Å². The van der Waals surface area contributed by atoms with Gasteiger partial charge in [-0.2, -0.15) is 0 Å². The first kappa shape index (κ1) is 29.8. The van der Waals surface area contributed by atoms with E-state index in [9.17, 15) is 4.39 Å². The van der Waals surface area contributed by atoms with Crippen molar-refractivity contribution in [2.24, 2.45) is 0 Å². The molecule has 3 aromatic rings. The maximum absolute atomic E-state index is 13.7. The van der Waals surface area contributed by atoms with Crippen molar-refractivity contribution in [2.45, 2.75) is 32.4 Å². The predicted octanol–water partition coefficient (Wildman–Crippen LogP) is 5.55. The molecule has 5 nitrogen and oxygen atoms in total. The normalized spacial score (nSPS) is 18.8. The molecule has 0 spiro atoms. The van der Waals surface area contributed by atoms with E-state index in [1.165, 1.54) is 16.3 Å². The molecule has 39 heavy (non-hydrogen) atoms. The SMILES string of the molecule is CC(C)N1CCN(C(CN2CCN(CCCOc3cccc4ccccc34)CC2)c2ccc(F)cc2)CC1.Cl. The van der Waals surface area contributed by atoms with Gasteiger partial charge in [0.2, 0.25) is 0 Å². The highest BCUT2D eigenvalue weighted by Gasteiger charge is 2.28. The molecule has 1 atom stereocenters. The molecule has 2 aliphatic heterocycles. The van der Waals surface area contributed by atoms with Gasteiger partial charge in [-0.25, -0.2) is 4.39 Å². The first-order valence-electron chi connectivity index (χ1n) is 14.4. The van der Waals surface area contributed by atoms with Gasteiger partial charge in [0.25, 0.3) is 0 Å². The Morgan fingerprint density at radius 1 is 0.744 bits per heavy atom. The van der Waals surface area contributed by atoms with Crippen molar-refractivity contribution in [3.8, 4) is 5.75 Å². The minimum Gasteiger partial charge on any atom is -0.493 e. The van der Waals surface area contributed by atoms with E-state index in [4.69, 9.17) is 4.74 Å². The zero-order chi connectivity index (χ0) is 26.3. The van der Waals surface area contributed by atoms with Crippen LogP contribution in [0.15, 0.2) is 66.7 Å². The Morgan fingerprint density at radius 3 is 2.10 bits per heavy atom. The van der Waals surface area contributed by atoms with E-state index in [-0.39, 0.29) is 18.2 Å². The second-order valence-corrected chi connectivity index (χ2v) is 11.1. The zero-order valence-electron chi connectivity index (χ0n) is 23.5. The Morgan fingerprint density at radius 2 is 1.38 bits per heavy atom. The maximum atomic E-state index is 13.7. The number of ether oxygens (including phenoxy) is 1. The van der Waals surface area contributed by atoms with Crippen molar-refractivity contribution >= 4 is 23.2 Å². The van der Waals surface area contributed by atoms with Crippen LogP contribution in [0, 0.1) is 5.82 Å². The number of fused-ring (bicyclic) bond motifs is 1. The molecule has 2 aliphatic rings. The van der Waals surface area contributed by atoms with Crippen molar-refractivity contribution in [3.05, 3.63) is 78.1 Å². The van der Waals surface area contributed by atoms with Gasteiger partial charge in [-0.05, 0) is 49.4 Å². The Hall–Kier alpha value is -2.22. The van der Waals surface area contributed by atoms with E-state index < -0.39 is 0 Å². The molecule has 0 N–H and O–H groups in total. The summed E-state index contributed by atoms with van der Waals surface area (Å²) in [4.78, 5) is 10.3. The molecule has 0 aliphatic carbocycles. The molecule has 0 bridgehead atoms. The summed E-state index contributed by atoms with van der Waals surface area (Å²) in [5.74, 6) is 0.823. The van der Waals surface area contributed by atoms with E-state index in [0.29, 0.717) is 12.1 Å². The second kappa shape index (κ2) is 14.4. The Bertz CT molecular complexity index is 1140. The maximum Gasteiger partial charge on any atom is 0.127 e. The molecule has 2 fully saturated rings. The molecule has 7 heteroatoms. The van der Waals surface area contributed by atoms with Gasteiger partial charge >= 0.3 is 0 Å². The lowest BCUT2D eigenvalue weighted by Crippen LogP contribution is -2.53. The van der Waals surface area contributed by atoms with Crippen molar-refractivity contribution in [1.29, 1.82) is 0 Å². The summed E-state index contributed by atoms with van der Waals surface area (Å²) in [6.45, 7) is 16.0. The fourth-order valence-electron chi connectivity index (χ4n) is 5.91. The Balaban J connectivity index is 0.00000353. The molecule has 5 rings (SSSR count). The molecular formula is C32H44ClFN4O. The number of hydrogen-bond acceptors (Lipinski definition) is 5. The third-order valence-electron chi connectivity index (χ3n) is 8.30. The second-order valence-electron chi connectivity index (χ2n) is 11.1. The molecule has 0 radical (unpaired) electrons. The van der Waals surface area contributed by atoms with Gasteiger partial charge in [-0.1, -0.05) is 48.5 Å². The molecule has 1 unspecified atom stereocenters. The van der Waals surface area contributed by atoms with Crippen LogP contribution in [0.5, 0.6) is 5.75 Å². The zero-order valence-corrected chi connectivity index (χ0v) is 24.3. The quantitative estimate of drug-likeness (QED) is 0.305. The van der Waals surface area contributed by atoms with Crippen molar-refractivity contribution in [3.63, 3.8) is 0 Å². The Labute approximate surface area is 239 Å². The van der Waals surface area contributed by atoms with Crippen LogP contribution >= 0.6 is 12.4 Å². The standard InChI is InChI=1S/C32H43FN4O.ClH/c1-26(2)36-20-22-37(23-21-36)31(28-11-13-29(33)14-12-28)25-35-18-16-34(17-19-35)15-6-24-38-32-10-5-8-27-7-3-4-9-30(27)32;/h3-5,7-14,26,31H,6,15-25H2,1-2H3;1H. The van der Waals surface area contributed by atoms with Crippen LogP contribution in [0.2, 0.25) is 0 Å². The van der Waals surface area contributed by atoms with Gasteiger partial charge in [0.05, 0.1) is 6.61 Å². The summed E-state index contributed by atoms with van der Waals surface area (Å²) in [5.41, 5.74) is 1.23. The number of nitrogens with zero attached hydrogens (tertiary/aromatic N) is 4. The highest BCUT2D eigenvalue weighted by Crippen LogP contribution is 2.26. The number of hydrogen-bond donors (Lipinski definition) is 0. The van der Waals surface area contributed by atoms with Gasteiger partial charge in [-0.15, -0.1) is 12.4 Å². The van der Waals surface area contributed by atoms with Crippen molar-refractivity contribution in [2.75, 3.05) is 72.1 Å². The van der Waals surface area contributed by atoms with Crippen LogP contribution in [0.1, 0.15) is 31.9 Å². The summed E-state index contributed by atoms with van der Waals surface area (Å²) < 4.78 is 19.8. The van der Waals surface area contributed by atoms with E-state index in [1.54, 1.807) is 12.1 Å². The fraction of sp³-hybridized carbons (Fsp3) is 0.500. The number of piperazine rings is 2. The molecule has 3 aromatic carbocycles. The number of rotatable bonds is 10. The predicted molar refractivity (Wildman–Crippen MR) is 162 cm³/mol. The van der Waals surface area contributed by atoms with Crippen LogP contribution < -0.4 is 4.74 Å².